The molecule has 126 valence electrons. The Morgan fingerprint density at radius 1 is 1.17 bits per heavy atom. The smallest absolute Gasteiger partial charge is 0.326 e. The predicted octanol–water partition coefficient (Wildman–Crippen LogP) is 0.395. The van der Waals surface area contributed by atoms with Gasteiger partial charge in [-0.05, 0) is 33.6 Å². The molecule has 2 atom stereocenters. The third kappa shape index (κ3) is 4.18. The van der Waals surface area contributed by atoms with Gasteiger partial charge in [-0.1, -0.05) is 12.2 Å². The van der Waals surface area contributed by atoms with Gasteiger partial charge in [0.25, 0.3) is 5.91 Å². The summed E-state index contributed by atoms with van der Waals surface area (Å²) in [7, 11) is 0. The van der Waals surface area contributed by atoms with Gasteiger partial charge in [-0.2, -0.15) is 0 Å². The van der Waals surface area contributed by atoms with Crippen LogP contribution in [0, 0.1) is 11.8 Å². The molecule has 0 unspecified atom stereocenters. The van der Waals surface area contributed by atoms with Crippen molar-refractivity contribution in [2.24, 2.45) is 11.8 Å². The lowest BCUT2D eigenvalue weighted by Gasteiger charge is -2.20. The van der Waals surface area contributed by atoms with Crippen molar-refractivity contribution in [3.05, 3.63) is 12.2 Å². The van der Waals surface area contributed by atoms with Crippen LogP contribution in [0.15, 0.2) is 12.2 Å². The topological polar surface area (TPSA) is 92.8 Å². The molecule has 7 nitrogen and oxygen atoms in total. The number of ether oxygens (including phenoxy) is 1. The Bertz CT molecular complexity index is 535. The highest BCUT2D eigenvalue weighted by Gasteiger charge is 2.47. The molecule has 1 aliphatic heterocycles. The van der Waals surface area contributed by atoms with E-state index in [1.807, 2.05) is 32.9 Å². The summed E-state index contributed by atoms with van der Waals surface area (Å²) >= 11 is 0. The van der Waals surface area contributed by atoms with Crippen LogP contribution in [0.5, 0.6) is 0 Å². The molecule has 3 amide bonds. The zero-order valence-corrected chi connectivity index (χ0v) is 13.6. The number of esters is 1. The van der Waals surface area contributed by atoms with Gasteiger partial charge < -0.3 is 10.1 Å². The molecule has 2 rings (SSSR count). The van der Waals surface area contributed by atoms with Crippen LogP contribution in [0.25, 0.3) is 0 Å². The Balaban J connectivity index is 1.85. The molecule has 1 fully saturated rings. The van der Waals surface area contributed by atoms with E-state index in [-0.39, 0.29) is 23.7 Å². The number of allylic oxidation sites excluding steroid dienone is 2. The van der Waals surface area contributed by atoms with E-state index in [4.69, 9.17) is 4.74 Å². The number of amides is 3. The quantitative estimate of drug-likeness (QED) is 0.459. The first kappa shape index (κ1) is 17.2. The lowest BCUT2D eigenvalue weighted by Crippen LogP contribution is -2.43. The fourth-order valence-corrected chi connectivity index (χ4v) is 2.80. The maximum atomic E-state index is 12.2. The van der Waals surface area contributed by atoms with Crippen molar-refractivity contribution in [3.8, 4) is 0 Å². The lowest BCUT2D eigenvalue weighted by molar-refractivity contribution is -0.155. The van der Waals surface area contributed by atoms with E-state index >= 15 is 0 Å². The van der Waals surface area contributed by atoms with Crippen molar-refractivity contribution in [3.63, 3.8) is 0 Å². The van der Waals surface area contributed by atoms with Crippen LogP contribution in [0.4, 0.5) is 0 Å². The second kappa shape index (κ2) is 6.52. The third-order valence-electron chi connectivity index (χ3n) is 3.76. The molecule has 1 aliphatic carbocycles. The molecule has 0 bridgehead atoms. The van der Waals surface area contributed by atoms with E-state index in [0.29, 0.717) is 12.8 Å². The number of imide groups is 1. The van der Waals surface area contributed by atoms with Crippen molar-refractivity contribution in [1.29, 1.82) is 0 Å². The summed E-state index contributed by atoms with van der Waals surface area (Å²) in [6.07, 6.45) is 4.81. The molecule has 0 aromatic heterocycles. The Morgan fingerprint density at radius 2 is 1.70 bits per heavy atom. The Kier molecular flexibility index (Phi) is 4.87. The van der Waals surface area contributed by atoms with Gasteiger partial charge in [-0.15, -0.1) is 0 Å². The molecule has 0 radical (unpaired) electrons. The largest absolute Gasteiger partial charge is 0.454 e. The monoisotopic (exact) mass is 322 g/mol. The highest BCUT2D eigenvalue weighted by Crippen LogP contribution is 2.34. The summed E-state index contributed by atoms with van der Waals surface area (Å²) in [4.78, 5) is 48.7. The zero-order chi connectivity index (χ0) is 17.2. The molecule has 0 spiro atoms. The third-order valence-corrected chi connectivity index (χ3v) is 3.76. The van der Waals surface area contributed by atoms with Gasteiger partial charge in [0.15, 0.2) is 6.61 Å². The molecule has 0 aromatic carbocycles. The van der Waals surface area contributed by atoms with Gasteiger partial charge in [-0.3, -0.25) is 24.1 Å². The number of rotatable bonds is 4. The molecule has 0 aromatic rings. The molecular formula is C16H22N2O5. The molecular weight excluding hydrogens is 300 g/mol. The van der Waals surface area contributed by atoms with E-state index in [1.165, 1.54) is 0 Å². The number of carbonyl (C=O) groups excluding carboxylic acids is 4. The summed E-state index contributed by atoms with van der Waals surface area (Å²) in [5, 5.41) is 2.65. The van der Waals surface area contributed by atoms with Gasteiger partial charge in [0.1, 0.15) is 6.54 Å². The minimum Gasteiger partial charge on any atom is -0.454 e. The first-order chi connectivity index (χ1) is 10.7. The van der Waals surface area contributed by atoms with Gasteiger partial charge in [-0.25, -0.2) is 0 Å². The standard InChI is InChI=1S/C16H22N2O5/c1-16(2,3)17-12(19)9-23-13(20)8-18-14(21)10-6-4-5-7-11(10)15(18)22/h4-5,10-11H,6-9H2,1-3H3,(H,17,19)/t10-,11-/m0/s1. The fraction of sp³-hybridized carbons (Fsp3) is 0.625. The maximum Gasteiger partial charge on any atom is 0.326 e. The molecule has 1 saturated heterocycles. The Labute approximate surface area is 135 Å². The number of hydrogen-bond donors (Lipinski definition) is 1. The lowest BCUT2D eigenvalue weighted by atomic mass is 9.85. The summed E-state index contributed by atoms with van der Waals surface area (Å²) in [6, 6.07) is 0. The number of hydrogen-bond acceptors (Lipinski definition) is 5. The van der Waals surface area contributed by atoms with Gasteiger partial charge in [0, 0.05) is 5.54 Å². The predicted molar refractivity (Wildman–Crippen MR) is 80.9 cm³/mol. The molecule has 23 heavy (non-hydrogen) atoms. The van der Waals surface area contributed by atoms with Gasteiger partial charge in [0.05, 0.1) is 11.8 Å². The minimum atomic E-state index is -0.762. The van der Waals surface area contributed by atoms with Gasteiger partial charge >= 0.3 is 5.97 Å². The summed E-state index contributed by atoms with van der Waals surface area (Å²) in [5.41, 5.74) is -0.424. The Morgan fingerprint density at radius 3 is 2.17 bits per heavy atom. The average molecular weight is 322 g/mol. The maximum absolute atomic E-state index is 12.2. The zero-order valence-electron chi connectivity index (χ0n) is 13.6. The summed E-state index contributed by atoms with van der Waals surface area (Å²) < 4.78 is 4.85. The van der Waals surface area contributed by atoms with Crippen LogP contribution in [0.1, 0.15) is 33.6 Å². The van der Waals surface area contributed by atoms with Crippen LogP contribution < -0.4 is 5.32 Å². The van der Waals surface area contributed by atoms with Crippen molar-refractivity contribution in [1.82, 2.24) is 10.2 Å². The highest BCUT2D eigenvalue weighted by molar-refractivity contribution is 6.07. The fourth-order valence-electron chi connectivity index (χ4n) is 2.80. The van der Waals surface area contributed by atoms with E-state index in [2.05, 4.69) is 5.32 Å². The van der Waals surface area contributed by atoms with E-state index in [1.54, 1.807) is 0 Å². The van der Waals surface area contributed by atoms with Crippen molar-refractivity contribution in [2.75, 3.05) is 13.2 Å². The second-order valence-corrected chi connectivity index (χ2v) is 6.88. The molecule has 0 saturated carbocycles. The number of likely N-dealkylation sites (tertiary alicyclic amines) is 1. The number of nitrogens with one attached hydrogen (secondary N) is 1. The van der Waals surface area contributed by atoms with Crippen molar-refractivity contribution in [2.45, 2.75) is 39.2 Å². The van der Waals surface area contributed by atoms with E-state index in [9.17, 15) is 19.2 Å². The number of carbonyl (C=O) groups is 4. The minimum absolute atomic E-state index is 0.333. The van der Waals surface area contributed by atoms with Crippen LogP contribution in [-0.4, -0.2) is 47.3 Å². The molecule has 7 heteroatoms. The molecule has 2 aliphatic rings. The van der Waals surface area contributed by atoms with E-state index < -0.39 is 30.6 Å². The van der Waals surface area contributed by atoms with Crippen LogP contribution >= 0.6 is 0 Å². The number of fused-ring (bicyclic) bond motifs is 1. The van der Waals surface area contributed by atoms with Crippen molar-refractivity contribution < 1.29 is 23.9 Å². The molecule has 1 heterocycles. The Hall–Kier alpha value is -2.18. The average Bonchev–Trinajstić information content (AvgIpc) is 2.69. The van der Waals surface area contributed by atoms with Crippen LogP contribution in [0.3, 0.4) is 0 Å². The SMILES string of the molecule is CC(C)(C)NC(=O)COC(=O)CN1C(=O)[C@H]2CC=CC[C@@H]2C1=O. The molecule has 1 N–H and O–H groups in total. The van der Waals surface area contributed by atoms with Crippen LogP contribution in [0.2, 0.25) is 0 Å². The van der Waals surface area contributed by atoms with E-state index in [0.717, 1.165) is 4.90 Å². The summed E-state index contributed by atoms with van der Waals surface area (Å²) in [6.45, 7) is 4.56. The second-order valence-electron chi connectivity index (χ2n) is 6.88. The first-order valence-electron chi connectivity index (χ1n) is 7.66. The van der Waals surface area contributed by atoms with Gasteiger partial charge in [0.2, 0.25) is 11.8 Å². The highest BCUT2D eigenvalue weighted by atomic mass is 16.5. The first-order valence-corrected chi connectivity index (χ1v) is 7.66. The van der Waals surface area contributed by atoms with Crippen LogP contribution in [-0.2, 0) is 23.9 Å². The number of nitrogens with zero attached hydrogens (tertiary/aromatic N) is 1. The normalized spacial score (nSPS) is 23.7. The van der Waals surface area contributed by atoms with Crippen molar-refractivity contribution >= 4 is 23.7 Å². The summed E-state index contributed by atoms with van der Waals surface area (Å²) in [5.74, 6) is -2.60.